The molecule has 3 aliphatic rings. The van der Waals surface area contributed by atoms with Gasteiger partial charge in [0.05, 0.1) is 19.0 Å². The van der Waals surface area contributed by atoms with Crippen LogP contribution < -0.4 is 5.06 Å². The topological polar surface area (TPSA) is 56.1 Å². The zero-order valence-electron chi connectivity index (χ0n) is 20.5. The Bertz CT molecular complexity index is 1030. The highest BCUT2D eigenvalue weighted by Crippen LogP contribution is 2.63. The lowest BCUT2D eigenvalue weighted by molar-refractivity contribution is -0.0613. The van der Waals surface area contributed by atoms with Crippen LogP contribution in [0.15, 0.2) is 24.8 Å². The summed E-state index contributed by atoms with van der Waals surface area (Å²) in [6.45, 7) is 15.4. The second kappa shape index (κ2) is 7.54. The molecule has 32 heavy (non-hydrogen) atoms. The van der Waals surface area contributed by atoms with Gasteiger partial charge in [0.2, 0.25) is 0 Å². The summed E-state index contributed by atoms with van der Waals surface area (Å²) in [4.78, 5) is 19.5. The Balaban J connectivity index is 1.46. The summed E-state index contributed by atoms with van der Waals surface area (Å²) in [5.41, 5.74) is 3.69. The van der Waals surface area contributed by atoms with Crippen LogP contribution in [0.1, 0.15) is 79.1 Å². The van der Waals surface area contributed by atoms with Crippen LogP contribution in [0, 0.1) is 22.7 Å². The van der Waals surface area contributed by atoms with Gasteiger partial charge in [-0.2, -0.15) is 0 Å². The van der Waals surface area contributed by atoms with Crippen LogP contribution in [0.5, 0.6) is 0 Å². The fourth-order valence-corrected chi connectivity index (χ4v) is 7.39. The third-order valence-electron chi connectivity index (χ3n) is 9.92. The van der Waals surface area contributed by atoms with E-state index in [0.29, 0.717) is 16.7 Å². The van der Waals surface area contributed by atoms with Gasteiger partial charge in [-0.25, -0.2) is 20.0 Å². The van der Waals surface area contributed by atoms with Gasteiger partial charge in [-0.05, 0) is 81.0 Å². The van der Waals surface area contributed by atoms with Crippen molar-refractivity contribution in [2.45, 2.75) is 91.1 Å². The van der Waals surface area contributed by atoms with Crippen molar-refractivity contribution in [3.05, 3.63) is 24.8 Å². The Morgan fingerprint density at radius 2 is 1.94 bits per heavy atom. The molecular weight excluding hydrogens is 398 g/mol. The van der Waals surface area contributed by atoms with E-state index in [-0.39, 0.29) is 5.54 Å². The molecule has 2 saturated carbocycles. The molecule has 2 aliphatic carbocycles. The van der Waals surface area contributed by atoms with Gasteiger partial charge in [0.1, 0.15) is 11.8 Å². The lowest BCUT2D eigenvalue weighted by Gasteiger charge is -2.59. The molecule has 6 heteroatoms. The molecule has 0 spiro atoms. The number of imidazole rings is 1. The number of nitrogens with zero attached hydrogens (tertiary/aromatic N) is 5. The standard InChI is InChI=1S/C26H39N5O/c1-18-8-7-9-20-25(18,4)11-10-19(2)26(20,5)13-12-24(3)14-15-30-17-29-22-21(30)23(28-16-27-22)31(24)32-6/h16-17,19-20H,1,7-15H2,2-6H3/t19-,20?,24?,25+,26+/m1/s1. The summed E-state index contributed by atoms with van der Waals surface area (Å²) in [5.74, 6) is 2.28. The molecule has 2 fully saturated rings. The monoisotopic (exact) mass is 437 g/mol. The zero-order valence-corrected chi connectivity index (χ0v) is 20.5. The predicted molar refractivity (Wildman–Crippen MR) is 128 cm³/mol. The first-order valence-electron chi connectivity index (χ1n) is 12.4. The van der Waals surface area contributed by atoms with Gasteiger partial charge in [0, 0.05) is 6.54 Å². The molecule has 5 atom stereocenters. The van der Waals surface area contributed by atoms with Crippen molar-refractivity contribution in [3.63, 3.8) is 0 Å². The molecule has 0 saturated heterocycles. The van der Waals surface area contributed by atoms with Gasteiger partial charge in [-0.15, -0.1) is 0 Å². The number of hydroxylamine groups is 1. The fourth-order valence-electron chi connectivity index (χ4n) is 7.39. The van der Waals surface area contributed by atoms with E-state index in [0.717, 1.165) is 42.3 Å². The van der Waals surface area contributed by atoms with Crippen LogP contribution in [0.3, 0.4) is 0 Å². The average Bonchev–Trinajstić information content (AvgIpc) is 3.15. The quantitative estimate of drug-likeness (QED) is 0.554. The van der Waals surface area contributed by atoms with E-state index < -0.39 is 0 Å². The predicted octanol–water partition coefficient (Wildman–Crippen LogP) is 5.94. The van der Waals surface area contributed by atoms with Crippen molar-refractivity contribution in [2.24, 2.45) is 22.7 Å². The largest absolute Gasteiger partial charge is 0.326 e. The van der Waals surface area contributed by atoms with Gasteiger partial charge in [-0.3, -0.25) is 4.84 Å². The molecule has 5 rings (SSSR count). The Morgan fingerprint density at radius 1 is 1.12 bits per heavy atom. The second-order valence-electron chi connectivity index (χ2n) is 11.4. The molecule has 2 aromatic heterocycles. The SMILES string of the molecule is C=C1CCCC2[C@@]1(C)CC[C@@H](C)[C@]2(C)CCC1(C)CCn2cnc3ncnc(c32)N1OC. The number of fused-ring (bicyclic) bond motifs is 1. The smallest absolute Gasteiger partial charge is 0.183 e. The highest BCUT2D eigenvalue weighted by atomic mass is 16.7. The van der Waals surface area contributed by atoms with E-state index in [1.807, 2.05) is 6.33 Å². The first-order valence-corrected chi connectivity index (χ1v) is 12.4. The van der Waals surface area contributed by atoms with E-state index in [4.69, 9.17) is 4.84 Å². The number of hydrogen-bond acceptors (Lipinski definition) is 5. The van der Waals surface area contributed by atoms with E-state index in [9.17, 15) is 0 Å². The minimum absolute atomic E-state index is 0.142. The molecule has 174 valence electrons. The van der Waals surface area contributed by atoms with Crippen LogP contribution >= 0.6 is 0 Å². The van der Waals surface area contributed by atoms with Crippen molar-refractivity contribution < 1.29 is 4.84 Å². The first-order chi connectivity index (χ1) is 15.2. The molecule has 0 N–H and O–H groups in total. The summed E-state index contributed by atoms with van der Waals surface area (Å²) in [6.07, 6.45) is 13.2. The molecule has 1 aliphatic heterocycles. The number of hydrogen-bond donors (Lipinski definition) is 0. The van der Waals surface area contributed by atoms with Crippen molar-refractivity contribution >= 4 is 17.0 Å². The van der Waals surface area contributed by atoms with E-state index in [1.54, 1.807) is 13.4 Å². The van der Waals surface area contributed by atoms with Gasteiger partial charge < -0.3 is 4.57 Å². The molecule has 3 heterocycles. The van der Waals surface area contributed by atoms with Crippen LogP contribution in [-0.4, -0.2) is 32.2 Å². The second-order valence-corrected chi connectivity index (χ2v) is 11.4. The van der Waals surface area contributed by atoms with Gasteiger partial charge >= 0.3 is 0 Å². The summed E-state index contributed by atoms with van der Waals surface area (Å²) in [5, 5.41) is 2.05. The highest BCUT2D eigenvalue weighted by molar-refractivity contribution is 5.83. The molecule has 0 amide bonds. The Morgan fingerprint density at radius 3 is 2.72 bits per heavy atom. The van der Waals surface area contributed by atoms with Crippen LogP contribution in [0.2, 0.25) is 0 Å². The number of rotatable bonds is 4. The van der Waals surface area contributed by atoms with E-state index in [2.05, 4.69) is 58.9 Å². The molecule has 0 bridgehead atoms. The molecule has 6 nitrogen and oxygen atoms in total. The average molecular weight is 438 g/mol. The molecule has 2 aromatic rings. The lowest BCUT2D eigenvalue weighted by atomic mass is 9.46. The molecule has 0 aromatic carbocycles. The summed E-state index contributed by atoms with van der Waals surface area (Å²) < 4.78 is 2.19. The Hall–Kier alpha value is -1.95. The van der Waals surface area contributed by atoms with Gasteiger partial charge in [-0.1, -0.05) is 32.9 Å². The molecule has 0 radical (unpaired) electrons. The van der Waals surface area contributed by atoms with Crippen LogP contribution in [-0.2, 0) is 11.4 Å². The number of allylic oxidation sites excluding steroid dienone is 1. The summed E-state index contributed by atoms with van der Waals surface area (Å²) in [6, 6.07) is 0. The van der Waals surface area contributed by atoms with Crippen LogP contribution in [0.25, 0.3) is 11.2 Å². The van der Waals surface area contributed by atoms with Gasteiger partial charge in [0.25, 0.3) is 0 Å². The molecular formula is C26H39N5O. The maximum absolute atomic E-state index is 6.03. The summed E-state index contributed by atoms with van der Waals surface area (Å²) in [7, 11) is 1.77. The third kappa shape index (κ3) is 3.05. The maximum atomic E-state index is 6.03. The normalized spacial score (nSPS) is 37.4. The van der Waals surface area contributed by atoms with Crippen LogP contribution in [0.4, 0.5) is 5.82 Å². The lowest BCUT2D eigenvalue weighted by Crippen LogP contribution is -2.52. The van der Waals surface area contributed by atoms with Crippen molar-refractivity contribution in [2.75, 3.05) is 12.2 Å². The maximum Gasteiger partial charge on any atom is 0.183 e. The Labute approximate surface area is 192 Å². The van der Waals surface area contributed by atoms with E-state index in [1.165, 1.54) is 44.1 Å². The van der Waals surface area contributed by atoms with Crippen molar-refractivity contribution in [3.8, 4) is 0 Å². The fraction of sp³-hybridized carbons (Fsp3) is 0.731. The first kappa shape index (κ1) is 21.9. The number of aryl methyl sites for hydroxylation is 1. The van der Waals surface area contributed by atoms with Crippen molar-refractivity contribution in [1.82, 2.24) is 19.5 Å². The Kier molecular flexibility index (Phi) is 5.16. The number of aromatic nitrogens is 4. The van der Waals surface area contributed by atoms with Crippen molar-refractivity contribution in [1.29, 1.82) is 0 Å². The minimum Gasteiger partial charge on any atom is -0.326 e. The zero-order chi connectivity index (χ0) is 22.7. The van der Waals surface area contributed by atoms with Gasteiger partial charge in [0.15, 0.2) is 11.5 Å². The third-order valence-corrected chi connectivity index (χ3v) is 9.92. The highest BCUT2D eigenvalue weighted by Gasteiger charge is 2.54. The van der Waals surface area contributed by atoms with E-state index >= 15 is 0 Å². The minimum atomic E-state index is -0.142. The number of anilines is 1. The molecule has 2 unspecified atom stereocenters. The summed E-state index contributed by atoms with van der Waals surface area (Å²) >= 11 is 0.